The fourth-order valence-corrected chi connectivity index (χ4v) is 3.51. The Hall–Kier alpha value is -1.06. The van der Waals surface area contributed by atoms with Gasteiger partial charge in [0.15, 0.2) is 0 Å². The third-order valence-corrected chi connectivity index (χ3v) is 4.42. The first-order valence-corrected chi connectivity index (χ1v) is 7.88. The van der Waals surface area contributed by atoms with Crippen molar-refractivity contribution in [1.82, 2.24) is 4.90 Å². The van der Waals surface area contributed by atoms with E-state index in [9.17, 15) is 0 Å². The van der Waals surface area contributed by atoms with Gasteiger partial charge in [-0.05, 0) is 39.7 Å². The van der Waals surface area contributed by atoms with Crippen molar-refractivity contribution in [3.63, 3.8) is 0 Å². The van der Waals surface area contributed by atoms with Gasteiger partial charge in [-0.1, -0.05) is 24.6 Å². The molecule has 0 aliphatic carbocycles. The van der Waals surface area contributed by atoms with Crippen molar-refractivity contribution in [2.24, 2.45) is 5.73 Å². The van der Waals surface area contributed by atoms with Crippen molar-refractivity contribution in [1.29, 1.82) is 0 Å². The van der Waals surface area contributed by atoms with Crippen molar-refractivity contribution in [3.8, 4) is 5.75 Å². The predicted molar refractivity (Wildman–Crippen MR) is 84.0 cm³/mol. The van der Waals surface area contributed by atoms with Crippen molar-refractivity contribution in [2.75, 3.05) is 13.2 Å². The average molecular weight is 276 g/mol. The predicted octanol–water partition coefficient (Wildman–Crippen LogP) is 3.35. The molecule has 1 aromatic carbocycles. The maximum absolute atomic E-state index is 6.13. The zero-order valence-electron chi connectivity index (χ0n) is 13.0. The maximum Gasteiger partial charge on any atom is 0.124 e. The smallest absolute Gasteiger partial charge is 0.124 e. The van der Waals surface area contributed by atoms with Crippen LogP contribution in [0.2, 0.25) is 0 Å². The van der Waals surface area contributed by atoms with E-state index in [1.54, 1.807) is 0 Å². The monoisotopic (exact) mass is 276 g/mol. The Kier molecular flexibility index (Phi) is 5.44. The first-order valence-electron chi connectivity index (χ1n) is 7.88. The lowest BCUT2D eigenvalue weighted by molar-refractivity contribution is 0.0564. The minimum absolute atomic E-state index is 0.253. The molecular formula is C17H28N2O. The number of rotatable bonds is 5. The number of benzene rings is 1. The summed E-state index contributed by atoms with van der Waals surface area (Å²) in [7, 11) is 0. The Morgan fingerprint density at radius 3 is 2.50 bits per heavy atom. The summed E-state index contributed by atoms with van der Waals surface area (Å²) in [6.07, 6.45) is 3.85. The highest BCUT2D eigenvalue weighted by molar-refractivity contribution is 5.36. The van der Waals surface area contributed by atoms with Crippen LogP contribution in [-0.4, -0.2) is 30.1 Å². The largest absolute Gasteiger partial charge is 0.494 e. The molecule has 20 heavy (non-hydrogen) atoms. The minimum Gasteiger partial charge on any atom is -0.494 e. The lowest BCUT2D eigenvalue weighted by Gasteiger charge is -2.44. The Morgan fingerprint density at radius 2 is 1.90 bits per heavy atom. The van der Waals surface area contributed by atoms with Crippen LogP contribution < -0.4 is 10.5 Å². The molecule has 1 aromatic rings. The van der Waals surface area contributed by atoms with Crippen LogP contribution in [0.25, 0.3) is 0 Å². The maximum atomic E-state index is 6.13. The number of nitrogens with two attached hydrogens (primary N) is 1. The van der Waals surface area contributed by atoms with E-state index in [2.05, 4.69) is 36.9 Å². The molecule has 0 radical (unpaired) electrons. The molecule has 3 heteroatoms. The summed E-state index contributed by atoms with van der Waals surface area (Å²) in [5, 5.41) is 0. The van der Waals surface area contributed by atoms with Gasteiger partial charge in [0.25, 0.3) is 0 Å². The van der Waals surface area contributed by atoms with Gasteiger partial charge in [0, 0.05) is 24.2 Å². The average Bonchev–Trinajstić information content (AvgIpc) is 2.44. The number of likely N-dealkylation sites (tertiary alicyclic amines) is 1. The van der Waals surface area contributed by atoms with Crippen molar-refractivity contribution >= 4 is 0 Å². The Bertz CT molecular complexity index is 411. The van der Waals surface area contributed by atoms with Crippen LogP contribution in [0.15, 0.2) is 24.3 Å². The van der Waals surface area contributed by atoms with E-state index in [1.807, 2.05) is 13.0 Å². The number of nitrogens with zero attached hydrogens (tertiary/aromatic N) is 1. The van der Waals surface area contributed by atoms with E-state index >= 15 is 0 Å². The molecule has 1 heterocycles. The number of ether oxygens (including phenoxy) is 1. The van der Waals surface area contributed by atoms with Gasteiger partial charge in [0.05, 0.1) is 12.6 Å². The molecule has 3 nitrogen and oxygen atoms in total. The molecule has 1 saturated heterocycles. The molecule has 2 rings (SSSR count). The SMILES string of the molecule is CCOc1ccccc1C(CN)N1[C@H](C)CCC[C@@H]1C. The fraction of sp³-hybridized carbons (Fsp3) is 0.647. The molecule has 0 bridgehead atoms. The molecule has 0 amide bonds. The molecule has 1 fully saturated rings. The van der Waals surface area contributed by atoms with Crippen molar-refractivity contribution in [3.05, 3.63) is 29.8 Å². The van der Waals surface area contributed by atoms with E-state index in [0.717, 1.165) is 5.75 Å². The second-order valence-corrected chi connectivity index (χ2v) is 5.80. The lowest BCUT2D eigenvalue weighted by Crippen LogP contribution is -2.48. The third-order valence-electron chi connectivity index (χ3n) is 4.42. The molecule has 3 atom stereocenters. The van der Waals surface area contributed by atoms with Crippen LogP contribution in [0.5, 0.6) is 5.75 Å². The summed E-state index contributed by atoms with van der Waals surface area (Å²) in [5.74, 6) is 0.982. The summed E-state index contributed by atoms with van der Waals surface area (Å²) >= 11 is 0. The highest BCUT2D eigenvalue weighted by atomic mass is 16.5. The summed E-state index contributed by atoms with van der Waals surface area (Å²) in [6, 6.07) is 9.76. The number of hydrogen-bond acceptors (Lipinski definition) is 3. The zero-order chi connectivity index (χ0) is 14.5. The summed E-state index contributed by atoms with van der Waals surface area (Å²) in [4.78, 5) is 2.58. The van der Waals surface area contributed by atoms with Crippen molar-refractivity contribution < 1.29 is 4.74 Å². The van der Waals surface area contributed by atoms with E-state index in [-0.39, 0.29) is 6.04 Å². The van der Waals surface area contributed by atoms with E-state index < -0.39 is 0 Å². The zero-order valence-corrected chi connectivity index (χ0v) is 13.0. The lowest BCUT2D eigenvalue weighted by atomic mass is 9.92. The van der Waals surface area contributed by atoms with Gasteiger partial charge >= 0.3 is 0 Å². The Labute approximate surface area is 123 Å². The van der Waals surface area contributed by atoms with E-state index in [4.69, 9.17) is 10.5 Å². The second-order valence-electron chi connectivity index (χ2n) is 5.80. The van der Waals surface area contributed by atoms with Gasteiger partial charge in [0.2, 0.25) is 0 Å². The quantitative estimate of drug-likeness (QED) is 0.896. The summed E-state index contributed by atoms with van der Waals surface area (Å²) < 4.78 is 5.80. The van der Waals surface area contributed by atoms with Crippen molar-refractivity contribution in [2.45, 2.75) is 58.2 Å². The van der Waals surface area contributed by atoms with Gasteiger partial charge in [0.1, 0.15) is 5.75 Å². The molecule has 1 aliphatic rings. The van der Waals surface area contributed by atoms with Crippen LogP contribution in [0.1, 0.15) is 51.6 Å². The number of para-hydroxylation sites is 1. The highest BCUT2D eigenvalue weighted by Gasteiger charge is 2.32. The third kappa shape index (κ3) is 3.15. The minimum atomic E-state index is 0.253. The van der Waals surface area contributed by atoms with Gasteiger partial charge in [-0.3, -0.25) is 4.90 Å². The van der Waals surface area contributed by atoms with Crippen LogP contribution >= 0.6 is 0 Å². The number of hydrogen-bond donors (Lipinski definition) is 1. The molecule has 112 valence electrons. The number of piperidine rings is 1. The fourth-order valence-electron chi connectivity index (χ4n) is 3.51. The molecule has 0 saturated carbocycles. The Balaban J connectivity index is 2.31. The first-order chi connectivity index (χ1) is 9.69. The topological polar surface area (TPSA) is 38.5 Å². The molecule has 1 unspecified atom stereocenters. The van der Waals surface area contributed by atoms with E-state index in [0.29, 0.717) is 25.2 Å². The van der Waals surface area contributed by atoms with Crippen LogP contribution in [0, 0.1) is 0 Å². The first kappa shape index (κ1) is 15.3. The Morgan fingerprint density at radius 1 is 1.25 bits per heavy atom. The molecular weight excluding hydrogens is 248 g/mol. The van der Waals surface area contributed by atoms with E-state index in [1.165, 1.54) is 24.8 Å². The highest BCUT2D eigenvalue weighted by Crippen LogP contribution is 2.35. The van der Waals surface area contributed by atoms with Crippen LogP contribution in [0.4, 0.5) is 0 Å². The van der Waals surface area contributed by atoms with Gasteiger partial charge in [-0.15, -0.1) is 0 Å². The molecule has 0 spiro atoms. The molecule has 1 aliphatic heterocycles. The standard InChI is InChI=1S/C17H28N2O/c1-4-20-17-11-6-5-10-15(17)16(12-18)19-13(2)8-7-9-14(19)3/h5-6,10-11,13-14,16H,4,7-9,12,18H2,1-3H3/t13-,14+,16?. The van der Waals surface area contributed by atoms with Gasteiger partial charge in [-0.2, -0.15) is 0 Å². The molecule has 0 aromatic heterocycles. The summed E-state index contributed by atoms with van der Waals surface area (Å²) in [6.45, 7) is 8.00. The molecule has 2 N–H and O–H groups in total. The normalized spacial score (nSPS) is 25.4. The summed E-state index contributed by atoms with van der Waals surface area (Å²) in [5.41, 5.74) is 7.36. The van der Waals surface area contributed by atoms with Crippen LogP contribution in [0.3, 0.4) is 0 Å². The van der Waals surface area contributed by atoms with Gasteiger partial charge in [-0.25, -0.2) is 0 Å². The van der Waals surface area contributed by atoms with Crippen LogP contribution in [-0.2, 0) is 0 Å². The second kappa shape index (κ2) is 7.09. The van der Waals surface area contributed by atoms with Gasteiger partial charge < -0.3 is 10.5 Å².